The average Bonchev–Trinajstić information content (AvgIpc) is 2.72. The Hall–Kier alpha value is -2.45. The third kappa shape index (κ3) is 6.83. The van der Waals surface area contributed by atoms with Gasteiger partial charge in [-0.05, 0) is 37.8 Å². The Morgan fingerprint density at radius 1 is 1.10 bits per heavy atom. The number of nitrogens with zero attached hydrogens (tertiary/aromatic N) is 1. The zero-order chi connectivity index (χ0) is 21.2. The van der Waals surface area contributed by atoms with Crippen LogP contribution in [0, 0.1) is 12.8 Å². The largest absolute Gasteiger partial charge is 0.383 e. The van der Waals surface area contributed by atoms with Crippen molar-refractivity contribution in [2.45, 2.75) is 25.8 Å². The lowest BCUT2D eigenvalue weighted by Gasteiger charge is -2.35. The molecule has 1 fully saturated rings. The smallest absolute Gasteiger partial charge is 0.251 e. The van der Waals surface area contributed by atoms with E-state index in [4.69, 9.17) is 9.47 Å². The number of nitrogens with one attached hydrogen (secondary N) is 2. The summed E-state index contributed by atoms with van der Waals surface area (Å²) in [6.45, 7) is 3.85. The van der Waals surface area contributed by atoms with E-state index in [9.17, 15) is 14.4 Å². The molecule has 0 radical (unpaired) electrons. The molecular formula is C21H31N3O5. The number of rotatable bonds is 9. The van der Waals surface area contributed by atoms with Crippen molar-refractivity contribution < 1.29 is 23.9 Å². The molecule has 1 atom stereocenters. The minimum Gasteiger partial charge on any atom is -0.383 e. The Labute approximate surface area is 171 Å². The van der Waals surface area contributed by atoms with Gasteiger partial charge in [-0.25, -0.2) is 0 Å². The highest BCUT2D eigenvalue weighted by molar-refractivity contribution is 5.97. The van der Waals surface area contributed by atoms with Crippen LogP contribution < -0.4 is 10.6 Å². The van der Waals surface area contributed by atoms with E-state index < -0.39 is 6.04 Å². The second-order valence-electron chi connectivity index (χ2n) is 7.25. The minimum absolute atomic E-state index is 0.0513. The Morgan fingerprint density at radius 3 is 2.34 bits per heavy atom. The lowest BCUT2D eigenvalue weighted by Crippen LogP contribution is -2.54. The van der Waals surface area contributed by atoms with Crippen molar-refractivity contribution in [3.63, 3.8) is 0 Å². The monoisotopic (exact) mass is 405 g/mol. The molecule has 0 unspecified atom stereocenters. The summed E-state index contributed by atoms with van der Waals surface area (Å²) in [7, 11) is 3.06. The van der Waals surface area contributed by atoms with E-state index in [0.717, 1.165) is 5.56 Å². The van der Waals surface area contributed by atoms with Gasteiger partial charge in [0.05, 0.1) is 6.61 Å². The van der Waals surface area contributed by atoms with Crippen LogP contribution in [0.2, 0.25) is 0 Å². The van der Waals surface area contributed by atoms with Gasteiger partial charge in [0.2, 0.25) is 11.8 Å². The number of likely N-dealkylation sites (tertiary alicyclic amines) is 1. The number of aryl methyl sites for hydroxylation is 1. The molecule has 1 aliphatic rings. The van der Waals surface area contributed by atoms with Gasteiger partial charge in [0.1, 0.15) is 12.6 Å². The van der Waals surface area contributed by atoms with Crippen LogP contribution >= 0.6 is 0 Å². The lowest BCUT2D eigenvalue weighted by atomic mass is 9.88. The molecule has 0 bridgehead atoms. The van der Waals surface area contributed by atoms with E-state index in [1.54, 1.807) is 24.1 Å². The molecule has 0 saturated carbocycles. The molecule has 29 heavy (non-hydrogen) atoms. The highest BCUT2D eigenvalue weighted by atomic mass is 16.5. The van der Waals surface area contributed by atoms with Crippen LogP contribution in [-0.4, -0.2) is 75.7 Å². The van der Waals surface area contributed by atoms with Crippen molar-refractivity contribution in [1.29, 1.82) is 0 Å². The van der Waals surface area contributed by atoms with Crippen LogP contribution in [-0.2, 0) is 19.1 Å². The van der Waals surface area contributed by atoms with Crippen LogP contribution in [0.15, 0.2) is 24.3 Å². The molecule has 2 N–H and O–H groups in total. The zero-order valence-corrected chi connectivity index (χ0v) is 17.4. The van der Waals surface area contributed by atoms with E-state index in [1.807, 2.05) is 19.1 Å². The van der Waals surface area contributed by atoms with Gasteiger partial charge in [0, 0.05) is 39.4 Å². The summed E-state index contributed by atoms with van der Waals surface area (Å²) in [5, 5.41) is 5.72. The van der Waals surface area contributed by atoms with Crippen molar-refractivity contribution in [2.24, 2.45) is 5.92 Å². The molecule has 1 heterocycles. The SMILES string of the molecule is COCCNC(=O)[C@@H](NC(=O)c1ccc(C)cc1)C1CCN(C(=O)COC)CC1. The van der Waals surface area contributed by atoms with Crippen molar-refractivity contribution in [3.05, 3.63) is 35.4 Å². The predicted molar refractivity (Wildman–Crippen MR) is 108 cm³/mol. The van der Waals surface area contributed by atoms with Crippen molar-refractivity contribution in [2.75, 3.05) is 47.1 Å². The molecule has 3 amide bonds. The fourth-order valence-electron chi connectivity index (χ4n) is 3.41. The minimum atomic E-state index is -0.666. The van der Waals surface area contributed by atoms with Gasteiger partial charge in [-0.15, -0.1) is 0 Å². The van der Waals surface area contributed by atoms with E-state index >= 15 is 0 Å². The van der Waals surface area contributed by atoms with Gasteiger partial charge in [-0.1, -0.05) is 17.7 Å². The van der Waals surface area contributed by atoms with Crippen LogP contribution in [0.3, 0.4) is 0 Å². The number of benzene rings is 1. The third-order valence-corrected chi connectivity index (χ3v) is 5.12. The Morgan fingerprint density at radius 2 is 1.76 bits per heavy atom. The number of carbonyl (C=O) groups excluding carboxylic acids is 3. The van der Waals surface area contributed by atoms with E-state index in [2.05, 4.69) is 10.6 Å². The molecule has 0 aromatic heterocycles. The highest BCUT2D eigenvalue weighted by Gasteiger charge is 2.33. The fourth-order valence-corrected chi connectivity index (χ4v) is 3.41. The highest BCUT2D eigenvalue weighted by Crippen LogP contribution is 2.22. The molecule has 1 aromatic carbocycles. The first-order chi connectivity index (χ1) is 14.0. The molecule has 1 aliphatic heterocycles. The van der Waals surface area contributed by atoms with Gasteiger partial charge >= 0.3 is 0 Å². The molecule has 0 spiro atoms. The lowest BCUT2D eigenvalue weighted by molar-refractivity contribution is -0.136. The van der Waals surface area contributed by atoms with Gasteiger partial charge in [0.25, 0.3) is 5.91 Å². The standard InChI is InChI=1S/C21H31N3O5/c1-15-4-6-17(7-5-15)20(26)23-19(21(27)22-10-13-28-2)16-8-11-24(12-9-16)18(25)14-29-3/h4-7,16,19H,8-14H2,1-3H3,(H,22,27)(H,23,26)/t19-/m0/s1. The molecule has 8 heteroatoms. The van der Waals surface area contributed by atoms with Crippen molar-refractivity contribution in [1.82, 2.24) is 15.5 Å². The summed E-state index contributed by atoms with van der Waals surface area (Å²) < 4.78 is 9.89. The number of hydrogen-bond donors (Lipinski definition) is 2. The van der Waals surface area contributed by atoms with Gasteiger partial charge in [0.15, 0.2) is 0 Å². The molecule has 1 saturated heterocycles. The summed E-state index contributed by atoms with van der Waals surface area (Å²) in [4.78, 5) is 39.2. The zero-order valence-electron chi connectivity index (χ0n) is 17.4. The topological polar surface area (TPSA) is 97.0 Å². The number of hydrogen-bond acceptors (Lipinski definition) is 5. The number of carbonyl (C=O) groups is 3. The quantitative estimate of drug-likeness (QED) is 0.591. The van der Waals surface area contributed by atoms with E-state index in [-0.39, 0.29) is 30.2 Å². The first-order valence-electron chi connectivity index (χ1n) is 9.87. The number of amides is 3. The second-order valence-corrected chi connectivity index (χ2v) is 7.25. The predicted octanol–water partition coefficient (Wildman–Crippen LogP) is 0.741. The summed E-state index contributed by atoms with van der Waals surface area (Å²) >= 11 is 0. The van der Waals surface area contributed by atoms with Crippen LogP contribution in [0.5, 0.6) is 0 Å². The molecule has 1 aromatic rings. The molecule has 2 rings (SSSR count). The molecule has 0 aliphatic carbocycles. The second kappa shape index (κ2) is 11.5. The van der Waals surface area contributed by atoms with Crippen LogP contribution in [0.1, 0.15) is 28.8 Å². The number of piperidine rings is 1. The third-order valence-electron chi connectivity index (χ3n) is 5.12. The Kier molecular flexibility index (Phi) is 9.08. The van der Waals surface area contributed by atoms with Gasteiger partial charge in [-0.2, -0.15) is 0 Å². The summed E-state index contributed by atoms with van der Waals surface area (Å²) in [6, 6.07) is 6.55. The number of ether oxygens (including phenoxy) is 2. The van der Waals surface area contributed by atoms with E-state index in [1.165, 1.54) is 7.11 Å². The first-order valence-corrected chi connectivity index (χ1v) is 9.87. The summed E-state index contributed by atoms with van der Waals surface area (Å²) in [5.41, 5.74) is 1.57. The first kappa shape index (κ1) is 22.8. The number of methoxy groups -OCH3 is 2. The maximum Gasteiger partial charge on any atom is 0.251 e. The van der Waals surface area contributed by atoms with Crippen molar-refractivity contribution in [3.8, 4) is 0 Å². The maximum absolute atomic E-state index is 12.8. The Bertz CT molecular complexity index is 684. The molecular weight excluding hydrogens is 374 g/mol. The summed E-state index contributed by atoms with van der Waals surface area (Å²) in [6.07, 6.45) is 1.26. The van der Waals surface area contributed by atoms with Gasteiger partial charge in [-0.3, -0.25) is 14.4 Å². The average molecular weight is 405 g/mol. The van der Waals surface area contributed by atoms with Crippen LogP contribution in [0.4, 0.5) is 0 Å². The van der Waals surface area contributed by atoms with E-state index in [0.29, 0.717) is 44.6 Å². The summed E-state index contributed by atoms with van der Waals surface area (Å²) in [5.74, 6) is -0.631. The normalized spacial score (nSPS) is 15.6. The van der Waals surface area contributed by atoms with Crippen molar-refractivity contribution >= 4 is 17.7 Å². The fraction of sp³-hybridized carbons (Fsp3) is 0.571. The van der Waals surface area contributed by atoms with Crippen LogP contribution in [0.25, 0.3) is 0 Å². The molecule has 160 valence electrons. The maximum atomic E-state index is 12.8. The molecule has 8 nitrogen and oxygen atoms in total. The van der Waals surface area contributed by atoms with Gasteiger partial charge < -0.3 is 25.0 Å². The Balaban J connectivity index is 2.05.